The third kappa shape index (κ3) is 2.60. The Morgan fingerprint density at radius 1 is 1.00 bits per heavy atom. The minimum absolute atomic E-state index is 0.0268. The number of hydrogen-bond donors (Lipinski definition) is 4. The summed E-state index contributed by atoms with van der Waals surface area (Å²) in [5.41, 5.74) is 5.92. The highest BCUT2D eigenvalue weighted by Gasteiger charge is 2.23. The number of aromatic nitrogens is 2. The second-order valence-corrected chi connectivity index (χ2v) is 6.11. The van der Waals surface area contributed by atoms with Gasteiger partial charge in [0.15, 0.2) is 22.6 Å². The standard InChI is InChI=1S/C15H12Cl2N6O2/c16-10-4-3-8(6-11(10)17)23-13(19)12(18)22(7-9-2-1-5-24-9)14-15(23)21-25-20-14/h1-6,18-21H,7H2. The molecule has 25 heavy (non-hydrogen) atoms. The molecule has 0 saturated carbocycles. The molecule has 0 radical (unpaired) electrons. The quantitative estimate of drug-likeness (QED) is 0.562. The van der Waals surface area contributed by atoms with Crippen LogP contribution in [0.5, 0.6) is 0 Å². The van der Waals surface area contributed by atoms with Crippen molar-refractivity contribution in [2.24, 2.45) is 0 Å². The van der Waals surface area contributed by atoms with Gasteiger partial charge in [0.1, 0.15) is 5.76 Å². The Bertz CT molecular complexity index is 1070. The van der Waals surface area contributed by atoms with E-state index >= 15 is 0 Å². The third-order valence-corrected chi connectivity index (χ3v) is 4.53. The van der Waals surface area contributed by atoms with Crippen molar-refractivity contribution in [3.05, 3.63) is 63.4 Å². The van der Waals surface area contributed by atoms with E-state index in [4.69, 9.17) is 43.4 Å². The fourth-order valence-electron chi connectivity index (χ4n) is 2.61. The van der Waals surface area contributed by atoms with Crippen LogP contribution in [-0.2, 0) is 11.5 Å². The van der Waals surface area contributed by atoms with Crippen LogP contribution < -0.4 is 21.9 Å². The lowest BCUT2D eigenvalue weighted by Crippen LogP contribution is -2.41. The Hall–Kier alpha value is -2.68. The first-order valence-electron chi connectivity index (χ1n) is 7.21. The van der Waals surface area contributed by atoms with Crippen molar-refractivity contribution in [1.29, 1.82) is 10.8 Å². The van der Waals surface area contributed by atoms with Gasteiger partial charge >= 0.3 is 0 Å². The lowest BCUT2D eigenvalue weighted by molar-refractivity contribution is 0.278. The van der Waals surface area contributed by atoms with Crippen molar-refractivity contribution in [3.8, 4) is 5.69 Å². The largest absolute Gasteiger partial charge is 0.467 e. The van der Waals surface area contributed by atoms with E-state index in [1.807, 2.05) is 0 Å². The number of halogens is 2. The van der Waals surface area contributed by atoms with Crippen LogP contribution in [0.3, 0.4) is 0 Å². The number of nitrogens with one attached hydrogen (secondary N) is 4. The fraction of sp³-hybridized carbons (Fsp3) is 0.0667. The molecule has 4 N–H and O–H groups in total. The van der Waals surface area contributed by atoms with E-state index in [9.17, 15) is 0 Å². The lowest BCUT2D eigenvalue weighted by Gasteiger charge is -2.16. The summed E-state index contributed by atoms with van der Waals surface area (Å²) >= 11 is 12.1. The molecule has 1 aliphatic heterocycles. The second-order valence-electron chi connectivity index (χ2n) is 5.30. The van der Waals surface area contributed by atoms with Gasteiger partial charge in [0.2, 0.25) is 0 Å². The van der Waals surface area contributed by atoms with E-state index in [0.717, 1.165) is 0 Å². The molecule has 0 unspecified atom stereocenters. The van der Waals surface area contributed by atoms with E-state index in [-0.39, 0.29) is 17.5 Å². The first kappa shape index (κ1) is 15.8. The molecule has 0 spiro atoms. The predicted octanol–water partition coefficient (Wildman–Crippen LogP) is 2.87. The van der Waals surface area contributed by atoms with Crippen LogP contribution in [0, 0.1) is 10.8 Å². The summed E-state index contributed by atoms with van der Waals surface area (Å²) in [5, 5.41) is 17.6. The Morgan fingerprint density at radius 2 is 1.80 bits per heavy atom. The van der Waals surface area contributed by atoms with Gasteiger partial charge in [-0.25, -0.2) is 11.0 Å². The highest BCUT2D eigenvalue weighted by atomic mass is 35.5. The summed E-state index contributed by atoms with van der Waals surface area (Å²) in [6.45, 7) is 0.278. The number of nitrogens with zero attached hydrogens (tertiary/aromatic N) is 2. The third-order valence-electron chi connectivity index (χ3n) is 3.79. The predicted molar refractivity (Wildman–Crippen MR) is 91.6 cm³/mol. The monoisotopic (exact) mass is 378 g/mol. The van der Waals surface area contributed by atoms with E-state index in [0.29, 0.717) is 33.1 Å². The van der Waals surface area contributed by atoms with E-state index in [2.05, 4.69) is 11.0 Å². The number of rotatable bonds is 3. The molecule has 0 bridgehead atoms. The molecule has 10 heteroatoms. The number of fused-ring (bicyclic) bond motifs is 1. The average Bonchev–Trinajstić information content (AvgIpc) is 3.26. The van der Waals surface area contributed by atoms with E-state index < -0.39 is 0 Å². The van der Waals surface area contributed by atoms with Gasteiger partial charge in [-0.15, -0.1) is 0 Å². The summed E-state index contributed by atoms with van der Waals surface area (Å²) in [5.74, 6) is 1.61. The zero-order chi connectivity index (χ0) is 17.6. The maximum atomic E-state index is 8.42. The van der Waals surface area contributed by atoms with Crippen LogP contribution >= 0.6 is 23.2 Å². The van der Waals surface area contributed by atoms with Crippen molar-refractivity contribution < 1.29 is 9.36 Å². The summed E-state index contributed by atoms with van der Waals surface area (Å²) in [6, 6.07) is 8.53. The Balaban J connectivity index is 1.94. The molecule has 0 atom stereocenters. The van der Waals surface area contributed by atoms with E-state index in [1.54, 1.807) is 41.2 Å². The van der Waals surface area contributed by atoms with Crippen LogP contribution in [0.15, 0.2) is 41.0 Å². The average molecular weight is 379 g/mol. The molecule has 3 aromatic rings. The molecular formula is C15H12Cl2N6O2. The highest BCUT2D eigenvalue weighted by Crippen LogP contribution is 2.29. The first-order chi connectivity index (χ1) is 12.1. The van der Waals surface area contributed by atoms with Crippen molar-refractivity contribution >= 4 is 34.8 Å². The van der Waals surface area contributed by atoms with E-state index in [1.165, 1.54) is 4.57 Å². The van der Waals surface area contributed by atoms with Crippen molar-refractivity contribution in [1.82, 2.24) is 9.13 Å². The Morgan fingerprint density at radius 3 is 2.52 bits per heavy atom. The highest BCUT2D eigenvalue weighted by molar-refractivity contribution is 6.42. The van der Waals surface area contributed by atoms with Crippen LogP contribution in [0.2, 0.25) is 10.0 Å². The van der Waals surface area contributed by atoms with Gasteiger partial charge < -0.3 is 4.42 Å². The molecule has 0 aliphatic carbocycles. The van der Waals surface area contributed by atoms with Gasteiger partial charge in [0.05, 0.1) is 28.5 Å². The number of benzene rings is 1. The van der Waals surface area contributed by atoms with Gasteiger partial charge in [-0.1, -0.05) is 23.2 Å². The number of hydrogen-bond acceptors (Lipinski definition) is 6. The normalized spacial score (nSPS) is 12.6. The lowest BCUT2D eigenvalue weighted by atomic mass is 10.3. The maximum absolute atomic E-state index is 8.42. The molecule has 3 heterocycles. The molecule has 1 aromatic carbocycles. The van der Waals surface area contributed by atoms with Crippen LogP contribution in [0.1, 0.15) is 5.76 Å². The van der Waals surface area contributed by atoms with Crippen LogP contribution in [0.25, 0.3) is 5.69 Å². The molecule has 128 valence electrons. The van der Waals surface area contributed by atoms with Gasteiger partial charge in [0.25, 0.3) is 0 Å². The first-order valence-corrected chi connectivity index (χ1v) is 7.96. The molecule has 0 saturated heterocycles. The van der Waals surface area contributed by atoms with Crippen molar-refractivity contribution in [2.75, 3.05) is 11.0 Å². The molecular weight excluding hydrogens is 367 g/mol. The number of anilines is 2. The zero-order valence-electron chi connectivity index (χ0n) is 12.6. The molecule has 1 aliphatic rings. The van der Waals surface area contributed by atoms with Gasteiger partial charge in [-0.3, -0.25) is 20.0 Å². The Kier molecular flexibility index (Phi) is 3.79. The molecule has 4 rings (SSSR count). The zero-order valence-corrected chi connectivity index (χ0v) is 14.1. The number of furan rings is 1. The van der Waals surface area contributed by atoms with Crippen molar-refractivity contribution in [3.63, 3.8) is 0 Å². The SMILES string of the molecule is N=c1c(=N)n(-c2ccc(Cl)c(Cl)c2)c2c(n1Cc1ccco1)NON2. The summed E-state index contributed by atoms with van der Waals surface area (Å²) in [6.07, 6.45) is 1.56. The second kappa shape index (κ2) is 5.99. The molecule has 0 amide bonds. The topological polar surface area (TPSA) is 104 Å². The van der Waals surface area contributed by atoms with Gasteiger partial charge in [0, 0.05) is 0 Å². The van der Waals surface area contributed by atoms with Gasteiger partial charge in [-0.05, 0) is 30.3 Å². The molecule has 0 fully saturated rings. The summed E-state index contributed by atoms with van der Waals surface area (Å²) < 4.78 is 8.43. The smallest absolute Gasteiger partial charge is 0.182 e. The molecule has 2 aromatic heterocycles. The minimum atomic E-state index is -0.0523. The Labute approximate surface area is 151 Å². The van der Waals surface area contributed by atoms with Crippen LogP contribution in [-0.4, -0.2) is 9.13 Å². The molecule has 8 nitrogen and oxygen atoms in total. The maximum Gasteiger partial charge on any atom is 0.182 e. The van der Waals surface area contributed by atoms with Gasteiger partial charge in [-0.2, -0.15) is 4.94 Å². The summed E-state index contributed by atoms with van der Waals surface area (Å²) in [4.78, 5) is 5.10. The minimum Gasteiger partial charge on any atom is -0.467 e. The van der Waals surface area contributed by atoms with Crippen LogP contribution in [0.4, 0.5) is 11.6 Å². The van der Waals surface area contributed by atoms with Crippen molar-refractivity contribution in [2.45, 2.75) is 6.54 Å². The summed E-state index contributed by atoms with van der Waals surface area (Å²) in [7, 11) is 0. The fourth-order valence-corrected chi connectivity index (χ4v) is 2.90.